The number of anilines is 2. The molecule has 1 unspecified atom stereocenters. The lowest BCUT2D eigenvalue weighted by molar-refractivity contribution is -0.0896. The van der Waals surface area contributed by atoms with Crippen molar-refractivity contribution in [1.82, 2.24) is 0 Å². The summed E-state index contributed by atoms with van der Waals surface area (Å²) in [5, 5.41) is 0. The highest BCUT2D eigenvalue weighted by atomic mass is 32.2. The van der Waals surface area contributed by atoms with Crippen LogP contribution >= 0.6 is 11.8 Å². The highest BCUT2D eigenvalue weighted by molar-refractivity contribution is 7.99. The molecule has 0 aromatic heterocycles. The molecule has 2 heterocycles. The molecule has 3 rings (SSSR count). The first-order valence-electron chi connectivity index (χ1n) is 8.06. The Labute approximate surface area is 132 Å². The van der Waals surface area contributed by atoms with Crippen LogP contribution in [0.3, 0.4) is 0 Å². The molecule has 1 aromatic rings. The molecule has 0 aliphatic carbocycles. The van der Waals surface area contributed by atoms with Crippen LogP contribution in [-0.2, 0) is 4.74 Å². The summed E-state index contributed by atoms with van der Waals surface area (Å²) < 4.78 is 6.23. The smallest absolute Gasteiger partial charge is 0.0717 e. The molecule has 3 nitrogen and oxygen atoms in total. The maximum atomic E-state index is 6.23. The van der Waals surface area contributed by atoms with Gasteiger partial charge in [0.1, 0.15) is 0 Å². The zero-order valence-corrected chi connectivity index (χ0v) is 13.7. The van der Waals surface area contributed by atoms with E-state index >= 15 is 0 Å². The van der Waals surface area contributed by atoms with Crippen LogP contribution in [0.5, 0.6) is 0 Å². The summed E-state index contributed by atoms with van der Waals surface area (Å²) >= 11 is 2.07. The first-order chi connectivity index (χ1) is 10.2. The normalized spacial score (nSPS) is 24.9. The quantitative estimate of drug-likeness (QED) is 0.867. The van der Waals surface area contributed by atoms with Gasteiger partial charge in [-0.05, 0) is 62.3 Å². The zero-order valence-electron chi connectivity index (χ0n) is 12.9. The van der Waals surface area contributed by atoms with Crippen molar-refractivity contribution in [2.45, 2.75) is 44.2 Å². The Balaban J connectivity index is 1.77. The molecule has 1 atom stereocenters. The molecule has 1 aromatic carbocycles. The minimum atomic E-state index is 0.141. The summed E-state index contributed by atoms with van der Waals surface area (Å²) in [5.41, 5.74) is 8.21. The second-order valence-electron chi connectivity index (χ2n) is 6.17. The standard InChI is InChI=1S/C17H26N2OS/c1-2-19(15-5-3-4-14(18)12-15)16-6-9-20-17(13-16)7-10-21-11-8-17/h3-5,12,16H,2,6-11,13,18H2,1H3. The molecule has 4 heteroatoms. The number of thioether (sulfide) groups is 1. The Bertz CT molecular complexity index is 468. The molecule has 0 saturated carbocycles. The van der Waals surface area contributed by atoms with Crippen LogP contribution < -0.4 is 10.6 Å². The van der Waals surface area contributed by atoms with Crippen molar-refractivity contribution < 1.29 is 4.74 Å². The number of ether oxygens (including phenoxy) is 1. The Kier molecular flexibility index (Phi) is 4.65. The molecule has 21 heavy (non-hydrogen) atoms. The summed E-state index contributed by atoms with van der Waals surface area (Å²) in [7, 11) is 0. The van der Waals surface area contributed by atoms with Crippen molar-refractivity contribution in [2.75, 3.05) is 35.3 Å². The molecule has 2 N–H and O–H groups in total. The minimum Gasteiger partial charge on any atom is -0.399 e. The number of hydrogen-bond acceptors (Lipinski definition) is 4. The van der Waals surface area contributed by atoms with Gasteiger partial charge >= 0.3 is 0 Å². The number of nitrogens with two attached hydrogens (primary N) is 1. The van der Waals surface area contributed by atoms with Gasteiger partial charge in [-0.2, -0.15) is 11.8 Å². The average Bonchev–Trinajstić information content (AvgIpc) is 2.49. The fraction of sp³-hybridized carbons (Fsp3) is 0.647. The van der Waals surface area contributed by atoms with E-state index in [1.54, 1.807) is 0 Å². The average molecular weight is 306 g/mol. The van der Waals surface area contributed by atoms with Gasteiger partial charge in [0, 0.05) is 30.6 Å². The first kappa shape index (κ1) is 15.0. The van der Waals surface area contributed by atoms with Gasteiger partial charge in [0.15, 0.2) is 0 Å². The van der Waals surface area contributed by atoms with E-state index in [9.17, 15) is 0 Å². The molecular formula is C17H26N2OS. The fourth-order valence-electron chi connectivity index (χ4n) is 3.71. The van der Waals surface area contributed by atoms with Crippen LogP contribution in [0.25, 0.3) is 0 Å². The number of hydrogen-bond donors (Lipinski definition) is 1. The first-order valence-corrected chi connectivity index (χ1v) is 9.22. The molecule has 1 spiro atoms. The van der Waals surface area contributed by atoms with E-state index in [2.05, 4.69) is 41.8 Å². The maximum absolute atomic E-state index is 6.23. The van der Waals surface area contributed by atoms with Crippen LogP contribution in [-0.4, -0.2) is 36.3 Å². The fourth-order valence-corrected chi connectivity index (χ4v) is 4.95. The van der Waals surface area contributed by atoms with E-state index in [1.807, 2.05) is 6.07 Å². The largest absolute Gasteiger partial charge is 0.399 e. The molecule has 0 amide bonds. The third kappa shape index (κ3) is 3.32. The highest BCUT2D eigenvalue weighted by Crippen LogP contribution is 2.39. The van der Waals surface area contributed by atoms with E-state index in [1.165, 1.54) is 30.0 Å². The number of rotatable bonds is 3. The van der Waals surface area contributed by atoms with Gasteiger partial charge in [-0.25, -0.2) is 0 Å². The summed E-state index contributed by atoms with van der Waals surface area (Å²) in [6, 6.07) is 8.87. The van der Waals surface area contributed by atoms with Crippen LogP contribution in [0.2, 0.25) is 0 Å². The molecule has 2 fully saturated rings. The van der Waals surface area contributed by atoms with Crippen molar-refractivity contribution in [1.29, 1.82) is 0 Å². The molecular weight excluding hydrogens is 280 g/mol. The third-order valence-electron chi connectivity index (χ3n) is 4.85. The SMILES string of the molecule is CCN(c1cccc(N)c1)C1CCOC2(CCSCC2)C1. The van der Waals surface area contributed by atoms with Gasteiger partial charge in [0.05, 0.1) is 5.60 Å². The number of benzene rings is 1. The summed E-state index contributed by atoms with van der Waals surface area (Å²) in [4.78, 5) is 2.52. The van der Waals surface area contributed by atoms with Crippen LogP contribution in [0.15, 0.2) is 24.3 Å². The molecule has 2 aliphatic rings. The van der Waals surface area contributed by atoms with E-state index in [4.69, 9.17) is 10.5 Å². The van der Waals surface area contributed by atoms with Gasteiger partial charge in [-0.1, -0.05) is 6.07 Å². The highest BCUT2D eigenvalue weighted by Gasteiger charge is 2.40. The van der Waals surface area contributed by atoms with Gasteiger partial charge in [-0.15, -0.1) is 0 Å². The predicted octanol–water partition coefficient (Wildman–Crippen LogP) is 3.54. The van der Waals surface area contributed by atoms with Crippen LogP contribution in [0, 0.1) is 0 Å². The lowest BCUT2D eigenvalue weighted by Gasteiger charge is -2.47. The minimum absolute atomic E-state index is 0.141. The molecule has 2 saturated heterocycles. The Morgan fingerprint density at radius 3 is 2.90 bits per heavy atom. The summed E-state index contributed by atoms with van der Waals surface area (Å²) in [6.07, 6.45) is 4.71. The van der Waals surface area contributed by atoms with Gasteiger partial charge in [0.2, 0.25) is 0 Å². The summed E-state index contributed by atoms with van der Waals surface area (Å²) in [6.45, 7) is 4.16. The van der Waals surface area contributed by atoms with Crippen molar-refractivity contribution >= 4 is 23.1 Å². The number of nitrogens with zero attached hydrogens (tertiary/aromatic N) is 1. The monoisotopic (exact) mass is 306 g/mol. The predicted molar refractivity (Wildman–Crippen MR) is 92.1 cm³/mol. The van der Waals surface area contributed by atoms with Crippen molar-refractivity contribution in [3.8, 4) is 0 Å². The van der Waals surface area contributed by atoms with Crippen molar-refractivity contribution in [3.63, 3.8) is 0 Å². The van der Waals surface area contributed by atoms with E-state index < -0.39 is 0 Å². The molecule has 116 valence electrons. The van der Waals surface area contributed by atoms with Gasteiger partial charge in [-0.3, -0.25) is 0 Å². The molecule has 2 aliphatic heterocycles. The molecule has 0 bridgehead atoms. The van der Waals surface area contributed by atoms with Gasteiger partial charge in [0.25, 0.3) is 0 Å². The third-order valence-corrected chi connectivity index (χ3v) is 5.84. The van der Waals surface area contributed by atoms with E-state index in [0.717, 1.165) is 31.7 Å². The molecule has 0 radical (unpaired) electrons. The Morgan fingerprint density at radius 1 is 1.38 bits per heavy atom. The second kappa shape index (κ2) is 6.49. The van der Waals surface area contributed by atoms with E-state index in [0.29, 0.717) is 6.04 Å². The Hall–Kier alpha value is -0.870. The van der Waals surface area contributed by atoms with Gasteiger partial charge < -0.3 is 15.4 Å². The summed E-state index contributed by atoms with van der Waals surface area (Å²) in [5.74, 6) is 2.49. The topological polar surface area (TPSA) is 38.5 Å². The van der Waals surface area contributed by atoms with Crippen molar-refractivity contribution in [3.05, 3.63) is 24.3 Å². The van der Waals surface area contributed by atoms with E-state index in [-0.39, 0.29) is 5.60 Å². The second-order valence-corrected chi connectivity index (χ2v) is 7.40. The van der Waals surface area contributed by atoms with Crippen LogP contribution in [0.4, 0.5) is 11.4 Å². The number of nitrogen functional groups attached to an aromatic ring is 1. The Morgan fingerprint density at radius 2 is 2.19 bits per heavy atom. The van der Waals surface area contributed by atoms with Crippen LogP contribution in [0.1, 0.15) is 32.6 Å². The zero-order chi connectivity index (χ0) is 14.7. The lowest BCUT2D eigenvalue weighted by Crippen LogP contribution is -2.50. The maximum Gasteiger partial charge on any atom is 0.0717 e. The lowest BCUT2D eigenvalue weighted by atomic mass is 9.84. The van der Waals surface area contributed by atoms with Crippen molar-refractivity contribution in [2.24, 2.45) is 0 Å².